The van der Waals surface area contributed by atoms with Gasteiger partial charge in [-0.3, -0.25) is 4.79 Å². The molecule has 1 amide bonds. The summed E-state index contributed by atoms with van der Waals surface area (Å²) in [5.41, 5.74) is 0. The molecule has 0 radical (unpaired) electrons. The fourth-order valence-corrected chi connectivity index (χ4v) is 1.01. The van der Waals surface area contributed by atoms with Gasteiger partial charge >= 0.3 is 0 Å². The normalized spacial score (nSPS) is 12.6. The maximum atomic E-state index is 11.3. The summed E-state index contributed by atoms with van der Waals surface area (Å²) in [7, 11) is 1.70. The Bertz CT molecular complexity index is 149. The number of carbonyl (C=O) groups excluding carboxylic acids is 1. The largest absolute Gasteiger partial charge is 0.392 e. The Labute approximate surface area is 79.9 Å². The molecule has 1 atom stereocenters. The number of nitrogens with one attached hydrogen (secondary N) is 1. The van der Waals surface area contributed by atoms with Gasteiger partial charge < -0.3 is 15.3 Å². The maximum absolute atomic E-state index is 11.3. The van der Waals surface area contributed by atoms with E-state index in [2.05, 4.69) is 12.2 Å². The van der Waals surface area contributed by atoms with Gasteiger partial charge in [-0.05, 0) is 19.9 Å². The van der Waals surface area contributed by atoms with Crippen molar-refractivity contribution in [1.29, 1.82) is 0 Å². The highest BCUT2D eigenvalue weighted by Gasteiger charge is 2.09. The van der Waals surface area contributed by atoms with Crippen LogP contribution >= 0.6 is 0 Å². The summed E-state index contributed by atoms with van der Waals surface area (Å²) >= 11 is 0. The molecule has 0 aromatic heterocycles. The van der Waals surface area contributed by atoms with Gasteiger partial charge in [0.05, 0.1) is 12.6 Å². The van der Waals surface area contributed by atoms with Crippen molar-refractivity contribution < 1.29 is 9.90 Å². The summed E-state index contributed by atoms with van der Waals surface area (Å²) in [4.78, 5) is 12.8. The molecule has 0 saturated heterocycles. The Hall–Kier alpha value is -0.610. The molecule has 0 spiro atoms. The lowest BCUT2D eigenvalue weighted by Crippen LogP contribution is -2.39. The summed E-state index contributed by atoms with van der Waals surface area (Å²) in [6, 6.07) is 0. The van der Waals surface area contributed by atoms with Crippen LogP contribution in [0.5, 0.6) is 0 Å². The van der Waals surface area contributed by atoms with E-state index in [-0.39, 0.29) is 5.91 Å². The Balaban J connectivity index is 3.57. The minimum Gasteiger partial charge on any atom is -0.392 e. The zero-order valence-corrected chi connectivity index (χ0v) is 8.71. The van der Waals surface area contributed by atoms with Gasteiger partial charge in [0.15, 0.2) is 0 Å². The van der Waals surface area contributed by atoms with Crippen molar-refractivity contribution in [2.75, 3.05) is 26.7 Å². The van der Waals surface area contributed by atoms with E-state index in [9.17, 15) is 4.79 Å². The van der Waals surface area contributed by atoms with E-state index < -0.39 is 6.10 Å². The average molecular weight is 188 g/mol. The van der Waals surface area contributed by atoms with Gasteiger partial charge in [-0.1, -0.05) is 6.92 Å². The quantitative estimate of drug-likeness (QED) is 0.569. The maximum Gasteiger partial charge on any atom is 0.236 e. The molecule has 78 valence electrons. The van der Waals surface area contributed by atoms with Crippen molar-refractivity contribution >= 4 is 5.91 Å². The Kier molecular flexibility index (Phi) is 6.54. The molecule has 0 aromatic rings. The van der Waals surface area contributed by atoms with E-state index in [1.54, 1.807) is 14.0 Å². The first-order valence-electron chi connectivity index (χ1n) is 4.70. The van der Waals surface area contributed by atoms with Gasteiger partial charge in [0.1, 0.15) is 0 Å². The molecule has 0 rings (SSSR count). The Morgan fingerprint density at radius 3 is 2.69 bits per heavy atom. The molecular formula is C9H20N2O2. The summed E-state index contributed by atoms with van der Waals surface area (Å²) in [6.07, 6.45) is 0.563. The first kappa shape index (κ1) is 12.4. The highest BCUT2D eigenvalue weighted by atomic mass is 16.3. The van der Waals surface area contributed by atoms with Crippen LogP contribution in [0.3, 0.4) is 0 Å². The van der Waals surface area contributed by atoms with E-state index in [4.69, 9.17) is 5.11 Å². The van der Waals surface area contributed by atoms with Crippen molar-refractivity contribution in [3.05, 3.63) is 0 Å². The molecule has 0 heterocycles. The van der Waals surface area contributed by atoms with Gasteiger partial charge in [-0.25, -0.2) is 0 Å². The molecule has 4 heteroatoms. The molecule has 0 aliphatic carbocycles. The molecule has 0 aliphatic heterocycles. The second-order valence-corrected chi connectivity index (χ2v) is 3.30. The number of rotatable bonds is 6. The van der Waals surface area contributed by atoms with Crippen LogP contribution < -0.4 is 5.32 Å². The highest BCUT2D eigenvalue weighted by molar-refractivity contribution is 5.77. The number of aliphatic hydroxyl groups is 1. The minimum atomic E-state index is -0.458. The van der Waals surface area contributed by atoms with Crippen molar-refractivity contribution in [3.8, 4) is 0 Å². The van der Waals surface area contributed by atoms with Crippen LogP contribution in [0.2, 0.25) is 0 Å². The van der Waals surface area contributed by atoms with E-state index in [0.717, 1.165) is 13.0 Å². The minimum absolute atomic E-state index is 0.0225. The van der Waals surface area contributed by atoms with Gasteiger partial charge in [0, 0.05) is 13.6 Å². The summed E-state index contributed by atoms with van der Waals surface area (Å²) < 4.78 is 0. The van der Waals surface area contributed by atoms with Crippen molar-refractivity contribution in [1.82, 2.24) is 10.2 Å². The van der Waals surface area contributed by atoms with E-state index in [1.807, 2.05) is 0 Å². The number of hydrogen-bond acceptors (Lipinski definition) is 3. The van der Waals surface area contributed by atoms with Crippen molar-refractivity contribution in [2.45, 2.75) is 26.4 Å². The van der Waals surface area contributed by atoms with Crippen LogP contribution in [0.1, 0.15) is 20.3 Å². The number of aliphatic hydroxyl groups excluding tert-OH is 1. The lowest BCUT2D eigenvalue weighted by molar-refractivity contribution is -0.130. The Morgan fingerprint density at radius 1 is 1.62 bits per heavy atom. The smallest absolute Gasteiger partial charge is 0.236 e. The predicted octanol–water partition coefficient (Wildman–Crippen LogP) is -0.175. The topological polar surface area (TPSA) is 52.6 Å². The molecule has 0 saturated carbocycles. The number of amides is 1. The fraction of sp³-hybridized carbons (Fsp3) is 0.889. The molecule has 1 unspecified atom stereocenters. The van der Waals surface area contributed by atoms with Crippen LogP contribution in [0, 0.1) is 0 Å². The third kappa shape index (κ3) is 6.54. The van der Waals surface area contributed by atoms with E-state index in [1.165, 1.54) is 4.90 Å². The lowest BCUT2D eigenvalue weighted by Gasteiger charge is -2.18. The number of carbonyl (C=O) groups is 1. The van der Waals surface area contributed by atoms with Gasteiger partial charge in [0.25, 0.3) is 0 Å². The van der Waals surface area contributed by atoms with Crippen LogP contribution in [0.15, 0.2) is 0 Å². The molecule has 0 aromatic carbocycles. The van der Waals surface area contributed by atoms with E-state index in [0.29, 0.717) is 13.1 Å². The number of nitrogens with zero attached hydrogens (tertiary/aromatic N) is 1. The number of hydrogen-bond donors (Lipinski definition) is 2. The standard InChI is InChI=1S/C9H20N2O2/c1-4-5-10-6-9(13)11(3)7-8(2)12/h8,10,12H,4-7H2,1-3H3. The third-order valence-electron chi connectivity index (χ3n) is 1.67. The zero-order valence-electron chi connectivity index (χ0n) is 8.71. The zero-order chi connectivity index (χ0) is 10.3. The van der Waals surface area contributed by atoms with Crippen LogP contribution in [0.25, 0.3) is 0 Å². The van der Waals surface area contributed by atoms with Crippen LogP contribution in [-0.2, 0) is 4.79 Å². The summed E-state index contributed by atoms with van der Waals surface area (Å²) in [5.74, 6) is 0.0225. The van der Waals surface area contributed by atoms with Gasteiger partial charge in [-0.15, -0.1) is 0 Å². The highest BCUT2D eigenvalue weighted by Crippen LogP contribution is 1.88. The van der Waals surface area contributed by atoms with Crippen LogP contribution in [0.4, 0.5) is 0 Å². The molecular weight excluding hydrogens is 168 g/mol. The monoisotopic (exact) mass is 188 g/mol. The van der Waals surface area contributed by atoms with Crippen molar-refractivity contribution in [2.24, 2.45) is 0 Å². The number of likely N-dealkylation sites (N-methyl/N-ethyl adjacent to an activating group) is 1. The summed E-state index contributed by atoms with van der Waals surface area (Å²) in [5, 5.41) is 12.0. The SMILES string of the molecule is CCCNCC(=O)N(C)CC(C)O. The van der Waals surface area contributed by atoms with Gasteiger partial charge in [-0.2, -0.15) is 0 Å². The molecule has 0 bridgehead atoms. The third-order valence-corrected chi connectivity index (χ3v) is 1.67. The average Bonchev–Trinajstić information content (AvgIpc) is 2.03. The molecule has 0 fully saturated rings. The predicted molar refractivity (Wildman–Crippen MR) is 52.5 cm³/mol. The van der Waals surface area contributed by atoms with Gasteiger partial charge in [0.2, 0.25) is 5.91 Å². The van der Waals surface area contributed by atoms with Crippen molar-refractivity contribution in [3.63, 3.8) is 0 Å². The first-order chi connectivity index (χ1) is 6.07. The molecule has 2 N–H and O–H groups in total. The Morgan fingerprint density at radius 2 is 2.23 bits per heavy atom. The molecule has 0 aliphatic rings. The second-order valence-electron chi connectivity index (χ2n) is 3.30. The summed E-state index contributed by atoms with van der Waals surface area (Å²) in [6.45, 7) is 5.33. The lowest BCUT2D eigenvalue weighted by atomic mass is 10.3. The fourth-order valence-electron chi connectivity index (χ4n) is 1.01. The van der Waals surface area contributed by atoms with Crippen LogP contribution in [-0.4, -0.2) is 48.7 Å². The second kappa shape index (κ2) is 6.86. The molecule has 4 nitrogen and oxygen atoms in total. The first-order valence-corrected chi connectivity index (χ1v) is 4.70. The molecule has 13 heavy (non-hydrogen) atoms. The van der Waals surface area contributed by atoms with E-state index >= 15 is 0 Å².